The van der Waals surface area contributed by atoms with E-state index in [-0.39, 0.29) is 11.5 Å². The van der Waals surface area contributed by atoms with Crippen molar-refractivity contribution in [2.24, 2.45) is 0 Å². The van der Waals surface area contributed by atoms with Gasteiger partial charge in [-0.3, -0.25) is 9.59 Å². The zero-order valence-corrected chi connectivity index (χ0v) is 14.6. The predicted molar refractivity (Wildman–Crippen MR) is 101 cm³/mol. The molecule has 130 valence electrons. The Bertz CT molecular complexity index is 975. The molecule has 6 nitrogen and oxygen atoms in total. The van der Waals surface area contributed by atoms with Gasteiger partial charge in [-0.1, -0.05) is 35.9 Å². The van der Waals surface area contributed by atoms with Gasteiger partial charge in [0, 0.05) is 17.3 Å². The number of amides is 1. The Kier molecular flexibility index (Phi) is 5.24. The van der Waals surface area contributed by atoms with Crippen LogP contribution in [-0.2, 0) is 0 Å². The summed E-state index contributed by atoms with van der Waals surface area (Å²) in [6.45, 7) is 1.47. The zero-order chi connectivity index (χ0) is 18.5. The number of hydrogen-bond donors (Lipinski definition) is 2. The first-order valence-electron chi connectivity index (χ1n) is 7.79. The van der Waals surface area contributed by atoms with E-state index in [1.54, 1.807) is 36.4 Å². The first-order valence-corrected chi connectivity index (χ1v) is 8.16. The van der Waals surface area contributed by atoms with Crippen LogP contribution in [0.25, 0.3) is 0 Å². The molecular weight excluding hydrogens is 352 g/mol. The van der Waals surface area contributed by atoms with Crippen LogP contribution in [0.15, 0.2) is 60.9 Å². The number of rotatable bonds is 5. The van der Waals surface area contributed by atoms with Gasteiger partial charge >= 0.3 is 0 Å². The zero-order valence-electron chi connectivity index (χ0n) is 13.9. The number of Topliss-reactive ketones (excluding diaryl/α,β-unsaturated/α-hetero) is 1. The summed E-state index contributed by atoms with van der Waals surface area (Å²) in [6.07, 6.45) is 1.29. The average Bonchev–Trinajstić information content (AvgIpc) is 2.64. The Labute approximate surface area is 155 Å². The smallest absolute Gasteiger partial charge is 0.274 e. The van der Waals surface area contributed by atoms with E-state index >= 15 is 0 Å². The van der Waals surface area contributed by atoms with E-state index in [9.17, 15) is 9.59 Å². The highest BCUT2D eigenvalue weighted by Crippen LogP contribution is 2.24. The number of para-hydroxylation sites is 1. The van der Waals surface area contributed by atoms with Crippen LogP contribution in [0.2, 0.25) is 5.02 Å². The molecule has 2 N–H and O–H groups in total. The van der Waals surface area contributed by atoms with Gasteiger partial charge in [0.15, 0.2) is 5.78 Å². The molecule has 2 aromatic carbocycles. The molecule has 0 aliphatic heterocycles. The van der Waals surface area contributed by atoms with Crippen molar-refractivity contribution in [3.8, 4) is 0 Å². The number of ketones is 1. The number of benzene rings is 2. The highest BCUT2D eigenvalue weighted by Gasteiger charge is 2.11. The maximum atomic E-state index is 12.4. The van der Waals surface area contributed by atoms with E-state index in [1.807, 2.05) is 12.1 Å². The lowest BCUT2D eigenvalue weighted by Crippen LogP contribution is -2.14. The first kappa shape index (κ1) is 17.6. The maximum absolute atomic E-state index is 12.4. The molecule has 3 rings (SSSR count). The van der Waals surface area contributed by atoms with Crippen molar-refractivity contribution >= 4 is 40.5 Å². The van der Waals surface area contributed by atoms with Crippen LogP contribution < -0.4 is 10.6 Å². The second-order valence-electron chi connectivity index (χ2n) is 5.48. The first-order chi connectivity index (χ1) is 12.5. The van der Waals surface area contributed by atoms with Crippen LogP contribution >= 0.6 is 11.6 Å². The summed E-state index contributed by atoms with van der Waals surface area (Å²) in [5.74, 6) is -0.0413. The van der Waals surface area contributed by atoms with Gasteiger partial charge in [0.25, 0.3) is 5.91 Å². The van der Waals surface area contributed by atoms with Gasteiger partial charge in [-0.2, -0.15) is 0 Å². The number of anilines is 3. The van der Waals surface area contributed by atoms with Crippen LogP contribution in [0.4, 0.5) is 17.2 Å². The summed E-state index contributed by atoms with van der Waals surface area (Å²) in [4.78, 5) is 32.0. The number of hydrogen-bond acceptors (Lipinski definition) is 5. The van der Waals surface area contributed by atoms with Crippen molar-refractivity contribution in [1.29, 1.82) is 0 Å². The van der Waals surface area contributed by atoms with Gasteiger partial charge in [-0.05, 0) is 31.2 Å². The van der Waals surface area contributed by atoms with Gasteiger partial charge in [0.1, 0.15) is 17.8 Å². The quantitative estimate of drug-likeness (QED) is 0.656. The molecule has 0 fully saturated rings. The van der Waals surface area contributed by atoms with Crippen LogP contribution in [0.3, 0.4) is 0 Å². The molecular formula is C19H15ClN4O2. The van der Waals surface area contributed by atoms with Crippen molar-refractivity contribution in [2.75, 3.05) is 10.6 Å². The normalized spacial score (nSPS) is 10.2. The highest BCUT2D eigenvalue weighted by atomic mass is 35.5. The molecule has 0 atom stereocenters. The largest absolute Gasteiger partial charge is 0.339 e. The molecule has 0 radical (unpaired) electrons. The third-order valence-corrected chi connectivity index (χ3v) is 3.89. The van der Waals surface area contributed by atoms with Gasteiger partial charge < -0.3 is 10.6 Å². The number of carbonyl (C=O) groups is 2. The molecule has 0 saturated heterocycles. The topological polar surface area (TPSA) is 84.0 Å². The standard InChI is InChI=1S/C19H15ClN4O2/c1-12(25)13-5-4-6-14(9-13)23-19(26)17-10-18(22-11-21-17)24-16-8-3-2-7-15(16)20/h2-11H,1H3,(H,23,26)(H,21,22,24). The monoisotopic (exact) mass is 366 g/mol. The van der Waals surface area contributed by atoms with E-state index in [2.05, 4.69) is 20.6 Å². The lowest BCUT2D eigenvalue weighted by Gasteiger charge is -2.09. The lowest BCUT2D eigenvalue weighted by atomic mass is 10.1. The Morgan fingerprint density at radius 2 is 1.81 bits per heavy atom. The molecule has 3 aromatic rings. The van der Waals surface area contributed by atoms with Crippen molar-refractivity contribution in [2.45, 2.75) is 6.92 Å². The second kappa shape index (κ2) is 7.76. The van der Waals surface area contributed by atoms with Crippen molar-refractivity contribution < 1.29 is 9.59 Å². The molecule has 0 saturated carbocycles. The molecule has 1 heterocycles. The van der Waals surface area contributed by atoms with E-state index in [0.29, 0.717) is 27.8 Å². The molecule has 0 bridgehead atoms. The van der Waals surface area contributed by atoms with Gasteiger partial charge in [-0.15, -0.1) is 0 Å². The minimum atomic E-state index is -0.407. The van der Waals surface area contributed by atoms with Crippen LogP contribution in [0.1, 0.15) is 27.8 Å². The third kappa shape index (κ3) is 4.23. The van der Waals surface area contributed by atoms with Crippen LogP contribution in [0, 0.1) is 0 Å². The average molecular weight is 367 g/mol. The van der Waals surface area contributed by atoms with Crippen LogP contribution in [0.5, 0.6) is 0 Å². The summed E-state index contributed by atoms with van der Waals surface area (Å²) in [5.41, 5.74) is 1.89. The van der Waals surface area contributed by atoms with E-state index in [4.69, 9.17) is 11.6 Å². The molecule has 1 aromatic heterocycles. The van der Waals surface area contributed by atoms with Gasteiger partial charge in [0.05, 0.1) is 10.7 Å². The summed E-state index contributed by atoms with van der Waals surface area (Å²) < 4.78 is 0. The van der Waals surface area contributed by atoms with Gasteiger partial charge in [-0.25, -0.2) is 9.97 Å². The number of halogens is 1. The summed E-state index contributed by atoms with van der Waals surface area (Å²) in [6, 6.07) is 15.4. The summed E-state index contributed by atoms with van der Waals surface area (Å²) >= 11 is 6.11. The molecule has 7 heteroatoms. The van der Waals surface area contributed by atoms with E-state index in [1.165, 1.54) is 19.3 Å². The van der Waals surface area contributed by atoms with Crippen molar-refractivity contribution in [1.82, 2.24) is 9.97 Å². The Morgan fingerprint density at radius 3 is 2.58 bits per heavy atom. The lowest BCUT2D eigenvalue weighted by molar-refractivity contribution is 0.100. The number of aromatic nitrogens is 2. The molecule has 26 heavy (non-hydrogen) atoms. The minimum absolute atomic E-state index is 0.0747. The minimum Gasteiger partial charge on any atom is -0.339 e. The fraction of sp³-hybridized carbons (Fsp3) is 0.0526. The fourth-order valence-corrected chi connectivity index (χ4v) is 2.44. The maximum Gasteiger partial charge on any atom is 0.274 e. The number of nitrogens with zero attached hydrogens (tertiary/aromatic N) is 2. The summed E-state index contributed by atoms with van der Waals surface area (Å²) in [5, 5.41) is 6.31. The molecule has 0 unspecified atom stereocenters. The molecule has 1 amide bonds. The Hall–Kier alpha value is -3.25. The highest BCUT2D eigenvalue weighted by molar-refractivity contribution is 6.33. The molecule has 0 aliphatic carbocycles. The van der Waals surface area contributed by atoms with E-state index < -0.39 is 5.91 Å². The second-order valence-corrected chi connectivity index (χ2v) is 5.89. The summed E-state index contributed by atoms with van der Waals surface area (Å²) in [7, 11) is 0. The van der Waals surface area contributed by atoms with Crippen LogP contribution in [-0.4, -0.2) is 21.7 Å². The van der Waals surface area contributed by atoms with Crippen molar-refractivity contribution in [3.05, 3.63) is 77.2 Å². The number of nitrogens with one attached hydrogen (secondary N) is 2. The SMILES string of the molecule is CC(=O)c1cccc(NC(=O)c2cc(Nc3ccccc3Cl)ncn2)c1. The third-order valence-electron chi connectivity index (χ3n) is 3.56. The Morgan fingerprint density at radius 1 is 1.00 bits per heavy atom. The van der Waals surface area contributed by atoms with Gasteiger partial charge in [0.2, 0.25) is 0 Å². The fourth-order valence-electron chi connectivity index (χ4n) is 2.26. The predicted octanol–water partition coefficient (Wildman–Crippen LogP) is 4.33. The van der Waals surface area contributed by atoms with E-state index in [0.717, 1.165) is 0 Å². The molecule has 0 spiro atoms. The number of carbonyl (C=O) groups excluding carboxylic acids is 2. The Balaban J connectivity index is 1.77. The molecule has 0 aliphatic rings. The van der Waals surface area contributed by atoms with Crippen molar-refractivity contribution in [3.63, 3.8) is 0 Å².